The first kappa shape index (κ1) is 21.0. The third kappa shape index (κ3) is 3.65. The van der Waals surface area contributed by atoms with Gasteiger partial charge in [-0.2, -0.15) is 5.10 Å². The van der Waals surface area contributed by atoms with E-state index in [1.807, 2.05) is 30.5 Å². The molecule has 1 N–H and O–H groups in total. The lowest BCUT2D eigenvalue weighted by atomic mass is 9.62. The van der Waals surface area contributed by atoms with Gasteiger partial charge in [-0.15, -0.1) is 0 Å². The quantitative estimate of drug-likeness (QED) is 0.580. The van der Waals surface area contributed by atoms with E-state index in [1.165, 1.54) is 0 Å². The molecule has 0 unspecified atom stereocenters. The van der Waals surface area contributed by atoms with Crippen LogP contribution in [0.15, 0.2) is 30.7 Å². The number of carbonyl (C=O) groups excluding carboxylic acids is 1. The summed E-state index contributed by atoms with van der Waals surface area (Å²) in [5.41, 5.74) is 2.17. The van der Waals surface area contributed by atoms with Crippen LogP contribution >= 0.6 is 0 Å². The zero-order chi connectivity index (χ0) is 22.5. The van der Waals surface area contributed by atoms with Gasteiger partial charge < -0.3 is 23.9 Å². The van der Waals surface area contributed by atoms with Gasteiger partial charge in [0.25, 0.3) is 5.91 Å². The maximum Gasteiger partial charge on any atom is 0.262 e. The molecule has 0 atom stereocenters. The average molecular weight is 440 g/mol. The van der Waals surface area contributed by atoms with E-state index < -0.39 is 0 Å². The fourth-order valence-electron chi connectivity index (χ4n) is 4.87. The fourth-order valence-corrected chi connectivity index (χ4v) is 4.87. The molecule has 3 aromatic heterocycles. The summed E-state index contributed by atoms with van der Waals surface area (Å²) in [5.74, 6) is 0.691. The molecule has 32 heavy (non-hydrogen) atoms. The molecule has 3 aromatic rings. The molecule has 2 bridgehead atoms. The van der Waals surface area contributed by atoms with E-state index in [1.54, 1.807) is 30.3 Å². The molecule has 1 amide bonds. The van der Waals surface area contributed by atoms with Gasteiger partial charge in [0.2, 0.25) is 0 Å². The molecular formula is C23H29N5O4. The number of ether oxygens (including phenoxy) is 3. The van der Waals surface area contributed by atoms with Crippen LogP contribution in [0.1, 0.15) is 49.7 Å². The summed E-state index contributed by atoms with van der Waals surface area (Å²) in [5, 5.41) is 7.24. The predicted octanol–water partition coefficient (Wildman–Crippen LogP) is 3.04. The van der Waals surface area contributed by atoms with Crippen molar-refractivity contribution in [2.24, 2.45) is 0 Å². The highest BCUT2D eigenvalue weighted by atomic mass is 16.5. The van der Waals surface area contributed by atoms with Crippen LogP contribution < -0.4 is 10.1 Å². The first-order chi connectivity index (χ1) is 15.3. The second-order valence-electron chi connectivity index (χ2n) is 9.39. The SMILES string of the molecule is COCCn1ccc(NC(=O)c2cn3cc(C45COC(C)(C4)C5)nc3cc2OC(C)C)n1. The predicted molar refractivity (Wildman–Crippen MR) is 118 cm³/mol. The Hall–Kier alpha value is -2.91. The molecule has 2 saturated heterocycles. The number of hydrogen-bond acceptors (Lipinski definition) is 6. The van der Waals surface area contributed by atoms with Crippen molar-refractivity contribution in [2.45, 2.75) is 57.3 Å². The van der Waals surface area contributed by atoms with E-state index in [0.717, 1.165) is 24.2 Å². The minimum Gasteiger partial charge on any atom is -0.490 e. The Morgan fingerprint density at radius 3 is 2.84 bits per heavy atom. The Bertz CT molecular complexity index is 1160. The number of carbonyl (C=O) groups is 1. The van der Waals surface area contributed by atoms with Crippen molar-refractivity contribution in [2.75, 3.05) is 25.6 Å². The summed E-state index contributed by atoms with van der Waals surface area (Å²) in [6.07, 6.45) is 7.49. The molecule has 3 fully saturated rings. The highest BCUT2D eigenvalue weighted by Gasteiger charge is 2.61. The van der Waals surface area contributed by atoms with Crippen LogP contribution in [-0.2, 0) is 21.4 Å². The zero-order valence-corrected chi connectivity index (χ0v) is 18.9. The number of methoxy groups -OCH3 is 1. The largest absolute Gasteiger partial charge is 0.490 e. The van der Waals surface area contributed by atoms with E-state index in [2.05, 4.69) is 17.3 Å². The van der Waals surface area contributed by atoms with E-state index in [4.69, 9.17) is 19.2 Å². The van der Waals surface area contributed by atoms with Crippen LogP contribution in [0.3, 0.4) is 0 Å². The summed E-state index contributed by atoms with van der Waals surface area (Å²) in [7, 11) is 1.64. The second kappa shape index (κ2) is 7.60. The summed E-state index contributed by atoms with van der Waals surface area (Å²) in [6.45, 7) is 7.88. The third-order valence-electron chi connectivity index (χ3n) is 6.23. The van der Waals surface area contributed by atoms with Gasteiger partial charge in [0.05, 0.1) is 42.7 Å². The molecule has 2 aliphatic heterocycles. The van der Waals surface area contributed by atoms with E-state index in [0.29, 0.717) is 36.9 Å². The van der Waals surface area contributed by atoms with Crippen LogP contribution in [-0.4, -0.2) is 57.1 Å². The maximum atomic E-state index is 13.1. The molecule has 9 heteroatoms. The van der Waals surface area contributed by atoms with Crippen LogP contribution in [0.2, 0.25) is 0 Å². The Balaban J connectivity index is 1.44. The van der Waals surface area contributed by atoms with Gasteiger partial charge in [0, 0.05) is 43.2 Å². The van der Waals surface area contributed by atoms with Gasteiger partial charge in [0.15, 0.2) is 5.82 Å². The second-order valence-corrected chi connectivity index (χ2v) is 9.39. The first-order valence-electron chi connectivity index (χ1n) is 11.0. The van der Waals surface area contributed by atoms with E-state index in [-0.39, 0.29) is 23.0 Å². The number of nitrogens with one attached hydrogen (secondary N) is 1. The Morgan fingerprint density at radius 1 is 1.34 bits per heavy atom. The number of nitrogens with zero attached hydrogens (tertiary/aromatic N) is 4. The summed E-state index contributed by atoms with van der Waals surface area (Å²) in [6, 6.07) is 3.59. The Morgan fingerprint density at radius 2 is 2.16 bits per heavy atom. The van der Waals surface area contributed by atoms with Crippen molar-refractivity contribution < 1.29 is 19.0 Å². The highest BCUT2D eigenvalue weighted by molar-refractivity contribution is 6.05. The average Bonchev–Trinajstić information content (AvgIpc) is 3.47. The Kier molecular flexibility index (Phi) is 4.98. The summed E-state index contributed by atoms with van der Waals surface area (Å²) in [4.78, 5) is 18.0. The minimum absolute atomic E-state index is 0.0145. The number of fused-ring (bicyclic) bond motifs is 2. The fraction of sp³-hybridized carbons (Fsp3) is 0.522. The molecule has 6 rings (SSSR count). The topological polar surface area (TPSA) is 91.9 Å². The standard InChI is InChI=1S/C23H29N5O4/c1-15(2)32-17-9-20-24-18(23-12-22(3,13-23)31-14-23)11-27(20)10-16(17)21(29)25-19-5-6-28(26-19)7-8-30-4/h5-6,9-11,15H,7-8,12-14H2,1-4H3,(H,25,26,29). The lowest BCUT2D eigenvalue weighted by Gasteiger charge is -2.41. The number of hydrogen-bond donors (Lipinski definition) is 1. The lowest BCUT2D eigenvalue weighted by Crippen LogP contribution is -2.45. The van der Waals surface area contributed by atoms with Crippen LogP contribution in [0.25, 0.3) is 5.65 Å². The van der Waals surface area contributed by atoms with E-state index in [9.17, 15) is 4.79 Å². The normalized spacial score (nSPS) is 24.2. The van der Waals surface area contributed by atoms with Crippen LogP contribution in [0.5, 0.6) is 5.75 Å². The number of amides is 1. The monoisotopic (exact) mass is 439 g/mol. The van der Waals surface area contributed by atoms with Crippen LogP contribution in [0, 0.1) is 0 Å². The molecular weight excluding hydrogens is 410 g/mol. The number of aromatic nitrogens is 4. The summed E-state index contributed by atoms with van der Waals surface area (Å²) < 4.78 is 20.6. The molecule has 0 spiro atoms. The zero-order valence-electron chi connectivity index (χ0n) is 18.9. The molecule has 3 aliphatic rings. The maximum absolute atomic E-state index is 13.1. The summed E-state index contributed by atoms with van der Waals surface area (Å²) >= 11 is 0. The van der Waals surface area contributed by atoms with Crippen molar-refractivity contribution in [3.63, 3.8) is 0 Å². The van der Waals surface area contributed by atoms with Crippen molar-refractivity contribution in [1.82, 2.24) is 19.2 Å². The molecule has 0 radical (unpaired) electrons. The number of pyridine rings is 1. The van der Waals surface area contributed by atoms with Gasteiger partial charge in [-0.25, -0.2) is 4.98 Å². The number of imidazole rings is 1. The molecule has 1 saturated carbocycles. The smallest absolute Gasteiger partial charge is 0.262 e. The van der Waals surface area contributed by atoms with Crippen LogP contribution in [0.4, 0.5) is 5.82 Å². The Labute approximate surface area is 186 Å². The lowest BCUT2D eigenvalue weighted by molar-refractivity contribution is 0.0154. The third-order valence-corrected chi connectivity index (χ3v) is 6.23. The van der Waals surface area contributed by atoms with Crippen molar-refractivity contribution in [1.29, 1.82) is 0 Å². The van der Waals surface area contributed by atoms with E-state index >= 15 is 0 Å². The molecule has 9 nitrogen and oxygen atoms in total. The molecule has 0 aromatic carbocycles. The number of anilines is 1. The van der Waals surface area contributed by atoms with Gasteiger partial charge >= 0.3 is 0 Å². The van der Waals surface area contributed by atoms with Gasteiger partial charge in [-0.05, 0) is 33.6 Å². The van der Waals surface area contributed by atoms with Crippen molar-refractivity contribution in [3.8, 4) is 5.75 Å². The molecule has 170 valence electrons. The first-order valence-corrected chi connectivity index (χ1v) is 11.0. The molecule has 5 heterocycles. The minimum atomic E-state index is -0.284. The van der Waals surface area contributed by atoms with Crippen molar-refractivity contribution >= 4 is 17.4 Å². The number of rotatable bonds is 8. The molecule has 1 aliphatic carbocycles. The van der Waals surface area contributed by atoms with Gasteiger partial charge in [-0.1, -0.05) is 0 Å². The van der Waals surface area contributed by atoms with Gasteiger partial charge in [-0.3, -0.25) is 9.48 Å². The van der Waals surface area contributed by atoms with Gasteiger partial charge in [0.1, 0.15) is 11.4 Å². The highest BCUT2D eigenvalue weighted by Crippen LogP contribution is 2.58. The van der Waals surface area contributed by atoms with Crippen molar-refractivity contribution in [3.05, 3.63) is 42.0 Å².